The average molecular weight is 261 g/mol. The molecular formula is C17H15N3. The van der Waals surface area contributed by atoms with E-state index in [2.05, 4.69) is 29.0 Å². The minimum absolute atomic E-state index is 0.735. The first kappa shape index (κ1) is 12.4. The first-order valence-corrected chi connectivity index (χ1v) is 6.48. The first-order valence-electron chi connectivity index (χ1n) is 6.48. The zero-order valence-electron chi connectivity index (χ0n) is 11.2. The fraction of sp³-hybridized carbons (Fsp3) is 0.0588. The lowest BCUT2D eigenvalue weighted by molar-refractivity contribution is 1.18. The van der Waals surface area contributed by atoms with E-state index >= 15 is 0 Å². The van der Waals surface area contributed by atoms with Gasteiger partial charge in [0.25, 0.3) is 0 Å². The number of aryl methyl sites for hydroxylation is 1. The molecule has 1 aromatic heterocycles. The number of nitrogens with two attached hydrogens (primary N) is 1. The van der Waals surface area contributed by atoms with Gasteiger partial charge in [-0.05, 0) is 25.1 Å². The Morgan fingerprint density at radius 1 is 0.800 bits per heavy atom. The molecule has 0 radical (unpaired) electrons. The molecule has 3 heteroatoms. The molecule has 20 heavy (non-hydrogen) atoms. The molecule has 0 aliphatic carbocycles. The van der Waals surface area contributed by atoms with Crippen LogP contribution in [0, 0.1) is 6.92 Å². The smallest absolute Gasteiger partial charge is 0.159 e. The fourth-order valence-corrected chi connectivity index (χ4v) is 2.02. The van der Waals surface area contributed by atoms with Gasteiger partial charge < -0.3 is 5.73 Å². The Morgan fingerprint density at radius 2 is 1.45 bits per heavy atom. The molecular weight excluding hydrogens is 246 g/mol. The summed E-state index contributed by atoms with van der Waals surface area (Å²) in [7, 11) is 0. The lowest BCUT2D eigenvalue weighted by atomic mass is 10.1. The van der Waals surface area contributed by atoms with Crippen molar-refractivity contribution in [1.82, 2.24) is 9.97 Å². The van der Waals surface area contributed by atoms with Crippen LogP contribution in [0.3, 0.4) is 0 Å². The van der Waals surface area contributed by atoms with Crippen LogP contribution in [0.25, 0.3) is 22.6 Å². The maximum absolute atomic E-state index is 5.71. The number of nitrogen functional groups attached to an aromatic ring is 1. The molecule has 0 aliphatic heterocycles. The van der Waals surface area contributed by atoms with Crippen molar-refractivity contribution in [3.05, 3.63) is 66.4 Å². The topological polar surface area (TPSA) is 51.8 Å². The molecule has 0 atom stereocenters. The van der Waals surface area contributed by atoms with E-state index in [9.17, 15) is 0 Å². The van der Waals surface area contributed by atoms with E-state index in [4.69, 9.17) is 5.73 Å². The van der Waals surface area contributed by atoms with Crippen LogP contribution in [0.15, 0.2) is 60.8 Å². The van der Waals surface area contributed by atoms with E-state index in [1.165, 1.54) is 5.56 Å². The highest BCUT2D eigenvalue weighted by atomic mass is 14.9. The number of rotatable bonds is 2. The molecule has 0 saturated heterocycles. The summed E-state index contributed by atoms with van der Waals surface area (Å²) in [6.45, 7) is 2.06. The summed E-state index contributed by atoms with van der Waals surface area (Å²) in [4.78, 5) is 8.97. The molecule has 0 bridgehead atoms. The third-order valence-corrected chi connectivity index (χ3v) is 3.17. The SMILES string of the molecule is Cc1ccc(-c2nccc(-c3ccc(N)cc3)n2)cc1. The molecule has 3 aromatic rings. The lowest BCUT2D eigenvalue weighted by Gasteiger charge is -2.05. The second-order valence-electron chi connectivity index (χ2n) is 4.75. The number of aromatic nitrogens is 2. The molecule has 0 saturated carbocycles. The molecule has 0 spiro atoms. The van der Waals surface area contributed by atoms with Crippen LogP contribution in [0.5, 0.6) is 0 Å². The van der Waals surface area contributed by atoms with Crippen molar-refractivity contribution in [2.45, 2.75) is 6.92 Å². The van der Waals surface area contributed by atoms with Crippen LogP contribution < -0.4 is 5.73 Å². The fourth-order valence-electron chi connectivity index (χ4n) is 2.02. The molecule has 1 heterocycles. The normalized spacial score (nSPS) is 10.4. The predicted octanol–water partition coefficient (Wildman–Crippen LogP) is 3.70. The van der Waals surface area contributed by atoms with Gasteiger partial charge in [-0.3, -0.25) is 0 Å². The molecule has 98 valence electrons. The van der Waals surface area contributed by atoms with E-state index in [0.717, 1.165) is 28.3 Å². The van der Waals surface area contributed by atoms with E-state index in [-0.39, 0.29) is 0 Å². The molecule has 0 amide bonds. The quantitative estimate of drug-likeness (QED) is 0.715. The number of benzene rings is 2. The summed E-state index contributed by atoms with van der Waals surface area (Å²) in [6, 6.07) is 17.8. The van der Waals surface area contributed by atoms with Gasteiger partial charge in [0.05, 0.1) is 5.69 Å². The second-order valence-corrected chi connectivity index (χ2v) is 4.75. The van der Waals surface area contributed by atoms with Crippen LogP contribution in [-0.4, -0.2) is 9.97 Å². The van der Waals surface area contributed by atoms with Crippen LogP contribution in [-0.2, 0) is 0 Å². The van der Waals surface area contributed by atoms with Gasteiger partial charge in [-0.2, -0.15) is 0 Å². The molecule has 2 N–H and O–H groups in total. The summed E-state index contributed by atoms with van der Waals surface area (Å²) >= 11 is 0. The Bertz CT molecular complexity index is 655. The van der Waals surface area contributed by atoms with Gasteiger partial charge in [0.1, 0.15) is 0 Å². The molecule has 0 fully saturated rings. The standard InChI is InChI=1S/C17H15N3/c1-12-2-4-14(5-3-12)17-19-11-10-16(20-17)13-6-8-15(18)9-7-13/h2-11H,18H2,1H3. The van der Waals surface area contributed by atoms with Crippen LogP contribution in [0.4, 0.5) is 5.69 Å². The van der Waals surface area contributed by atoms with E-state index in [1.54, 1.807) is 6.20 Å². The summed E-state index contributed by atoms with van der Waals surface area (Å²) in [5.41, 5.74) is 10.6. The zero-order valence-corrected chi connectivity index (χ0v) is 11.2. The van der Waals surface area contributed by atoms with Crippen molar-refractivity contribution in [1.29, 1.82) is 0 Å². The van der Waals surface area contributed by atoms with Gasteiger partial charge in [0, 0.05) is 23.0 Å². The maximum Gasteiger partial charge on any atom is 0.159 e. The second kappa shape index (κ2) is 5.13. The third kappa shape index (κ3) is 2.52. The molecule has 0 unspecified atom stereocenters. The monoisotopic (exact) mass is 261 g/mol. The van der Waals surface area contributed by atoms with Crippen molar-refractivity contribution in [3.8, 4) is 22.6 Å². The van der Waals surface area contributed by atoms with Crippen molar-refractivity contribution in [2.24, 2.45) is 0 Å². The Labute approximate surface area is 118 Å². The lowest BCUT2D eigenvalue weighted by Crippen LogP contribution is -1.92. The van der Waals surface area contributed by atoms with Crippen molar-refractivity contribution in [2.75, 3.05) is 5.73 Å². The van der Waals surface area contributed by atoms with E-state index in [0.29, 0.717) is 0 Å². The van der Waals surface area contributed by atoms with Crippen LogP contribution >= 0.6 is 0 Å². The van der Waals surface area contributed by atoms with Crippen LogP contribution in [0.2, 0.25) is 0 Å². The van der Waals surface area contributed by atoms with Crippen molar-refractivity contribution in [3.63, 3.8) is 0 Å². The summed E-state index contributed by atoms with van der Waals surface area (Å²) < 4.78 is 0. The molecule has 0 aliphatic rings. The number of anilines is 1. The molecule has 2 aromatic carbocycles. The average Bonchev–Trinajstić information content (AvgIpc) is 2.49. The first-order chi connectivity index (χ1) is 9.72. The highest BCUT2D eigenvalue weighted by Gasteiger charge is 2.04. The van der Waals surface area contributed by atoms with Gasteiger partial charge in [0.15, 0.2) is 5.82 Å². The van der Waals surface area contributed by atoms with Gasteiger partial charge in [-0.25, -0.2) is 9.97 Å². The summed E-state index contributed by atoms with van der Waals surface area (Å²) in [5, 5.41) is 0. The Balaban J connectivity index is 2.01. The van der Waals surface area contributed by atoms with Crippen molar-refractivity contribution < 1.29 is 0 Å². The summed E-state index contributed by atoms with van der Waals surface area (Å²) in [6.07, 6.45) is 1.79. The summed E-state index contributed by atoms with van der Waals surface area (Å²) in [5.74, 6) is 0.735. The maximum atomic E-state index is 5.71. The number of hydrogen-bond donors (Lipinski definition) is 1. The Hall–Kier alpha value is -2.68. The van der Waals surface area contributed by atoms with Crippen LogP contribution in [0.1, 0.15) is 5.56 Å². The van der Waals surface area contributed by atoms with Crippen molar-refractivity contribution >= 4 is 5.69 Å². The minimum Gasteiger partial charge on any atom is -0.399 e. The third-order valence-electron chi connectivity index (χ3n) is 3.17. The predicted molar refractivity (Wildman–Crippen MR) is 82.1 cm³/mol. The van der Waals surface area contributed by atoms with Gasteiger partial charge >= 0.3 is 0 Å². The van der Waals surface area contributed by atoms with E-state index in [1.807, 2.05) is 42.5 Å². The van der Waals surface area contributed by atoms with Gasteiger partial charge in [-0.15, -0.1) is 0 Å². The highest BCUT2D eigenvalue weighted by molar-refractivity contribution is 5.65. The zero-order chi connectivity index (χ0) is 13.9. The number of nitrogens with zero attached hydrogens (tertiary/aromatic N) is 2. The Morgan fingerprint density at radius 3 is 2.15 bits per heavy atom. The Kier molecular flexibility index (Phi) is 3.17. The van der Waals surface area contributed by atoms with Gasteiger partial charge in [0.2, 0.25) is 0 Å². The molecule has 3 nitrogen and oxygen atoms in total. The van der Waals surface area contributed by atoms with E-state index < -0.39 is 0 Å². The number of hydrogen-bond acceptors (Lipinski definition) is 3. The minimum atomic E-state index is 0.735. The van der Waals surface area contributed by atoms with Gasteiger partial charge in [-0.1, -0.05) is 42.0 Å². The highest BCUT2D eigenvalue weighted by Crippen LogP contribution is 2.21. The largest absolute Gasteiger partial charge is 0.399 e. The molecule has 3 rings (SSSR count).